The monoisotopic (exact) mass is 262 g/mol. The number of rotatable bonds is 3. The van der Waals surface area contributed by atoms with Crippen LogP contribution in [0, 0.1) is 5.92 Å². The fourth-order valence-electron chi connectivity index (χ4n) is 1.87. The van der Waals surface area contributed by atoms with Gasteiger partial charge < -0.3 is 15.4 Å². The van der Waals surface area contributed by atoms with E-state index < -0.39 is 6.10 Å². The molecule has 0 aromatic heterocycles. The van der Waals surface area contributed by atoms with E-state index in [1.807, 2.05) is 13.8 Å². The van der Waals surface area contributed by atoms with Gasteiger partial charge in [-0.25, -0.2) is 0 Å². The van der Waals surface area contributed by atoms with Crippen LogP contribution in [0.3, 0.4) is 0 Å². The van der Waals surface area contributed by atoms with Gasteiger partial charge in [0.05, 0.1) is 5.69 Å². The molecule has 5 heteroatoms. The summed E-state index contributed by atoms with van der Waals surface area (Å²) in [7, 11) is 0. The van der Waals surface area contributed by atoms with Gasteiger partial charge in [-0.2, -0.15) is 0 Å². The molecule has 1 aliphatic rings. The summed E-state index contributed by atoms with van der Waals surface area (Å²) < 4.78 is 5.44. The molecule has 1 atom stereocenters. The Kier molecular flexibility index (Phi) is 3.74. The summed E-state index contributed by atoms with van der Waals surface area (Å²) in [6.07, 6.45) is -0.0226. The van der Waals surface area contributed by atoms with Gasteiger partial charge in [-0.15, -0.1) is 0 Å². The molecule has 1 unspecified atom stereocenters. The molecule has 1 heterocycles. The molecule has 102 valence electrons. The first-order valence-corrected chi connectivity index (χ1v) is 6.37. The van der Waals surface area contributed by atoms with E-state index in [4.69, 9.17) is 4.74 Å². The normalized spacial score (nSPS) is 17.5. The van der Waals surface area contributed by atoms with E-state index in [0.717, 1.165) is 0 Å². The van der Waals surface area contributed by atoms with Crippen LogP contribution < -0.4 is 15.4 Å². The third kappa shape index (κ3) is 3.24. The number of amides is 2. The van der Waals surface area contributed by atoms with Crippen molar-refractivity contribution in [1.82, 2.24) is 0 Å². The van der Waals surface area contributed by atoms with Gasteiger partial charge in [-0.05, 0) is 31.0 Å². The summed E-state index contributed by atoms with van der Waals surface area (Å²) in [5, 5.41) is 5.55. The highest BCUT2D eigenvalue weighted by Crippen LogP contribution is 2.32. The zero-order valence-electron chi connectivity index (χ0n) is 11.3. The molecule has 2 amide bonds. The fraction of sp³-hybridized carbons (Fsp3) is 0.429. The highest BCUT2D eigenvalue weighted by atomic mass is 16.5. The van der Waals surface area contributed by atoms with Gasteiger partial charge in [0, 0.05) is 12.1 Å². The SMILES string of the molecule is CC(C)CC(=O)Nc1ccc2c(c1)NC(=O)C(C)O2. The second-order valence-corrected chi connectivity index (χ2v) is 5.11. The van der Waals surface area contributed by atoms with Crippen LogP contribution in [0.5, 0.6) is 5.75 Å². The lowest BCUT2D eigenvalue weighted by Crippen LogP contribution is -2.34. The topological polar surface area (TPSA) is 67.4 Å². The molecule has 19 heavy (non-hydrogen) atoms. The Morgan fingerprint density at radius 2 is 2.21 bits per heavy atom. The molecule has 2 rings (SSSR count). The first-order chi connectivity index (χ1) is 8.95. The molecule has 1 aromatic carbocycles. The Labute approximate surface area is 112 Å². The quantitative estimate of drug-likeness (QED) is 0.879. The lowest BCUT2D eigenvalue weighted by Gasteiger charge is -2.23. The van der Waals surface area contributed by atoms with Crippen LogP contribution >= 0.6 is 0 Å². The first kappa shape index (κ1) is 13.4. The van der Waals surface area contributed by atoms with Crippen LogP contribution in [0.4, 0.5) is 11.4 Å². The van der Waals surface area contributed by atoms with Crippen LogP contribution in [0.1, 0.15) is 27.2 Å². The van der Waals surface area contributed by atoms with Crippen molar-refractivity contribution in [3.8, 4) is 5.75 Å². The maximum atomic E-state index is 11.7. The highest BCUT2D eigenvalue weighted by Gasteiger charge is 2.23. The molecule has 2 N–H and O–H groups in total. The van der Waals surface area contributed by atoms with Crippen molar-refractivity contribution in [2.75, 3.05) is 10.6 Å². The van der Waals surface area contributed by atoms with Crippen molar-refractivity contribution in [2.45, 2.75) is 33.3 Å². The van der Waals surface area contributed by atoms with Gasteiger partial charge in [0.2, 0.25) is 5.91 Å². The van der Waals surface area contributed by atoms with Crippen molar-refractivity contribution in [3.63, 3.8) is 0 Å². The van der Waals surface area contributed by atoms with Crippen LogP contribution in [0.2, 0.25) is 0 Å². The molecule has 5 nitrogen and oxygen atoms in total. The number of hydrogen-bond acceptors (Lipinski definition) is 3. The van der Waals surface area contributed by atoms with Crippen molar-refractivity contribution >= 4 is 23.2 Å². The Balaban J connectivity index is 2.11. The predicted molar refractivity (Wildman–Crippen MR) is 73.2 cm³/mol. The van der Waals surface area contributed by atoms with Gasteiger partial charge >= 0.3 is 0 Å². The number of fused-ring (bicyclic) bond motifs is 1. The molecule has 0 aliphatic carbocycles. The fourth-order valence-corrected chi connectivity index (χ4v) is 1.87. The number of benzene rings is 1. The van der Waals surface area contributed by atoms with E-state index in [0.29, 0.717) is 29.5 Å². The van der Waals surface area contributed by atoms with E-state index in [9.17, 15) is 9.59 Å². The van der Waals surface area contributed by atoms with Crippen molar-refractivity contribution < 1.29 is 14.3 Å². The van der Waals surface area contributed by atoms with Crippen LogP contribution in [-0.4, -0.2) is 17.9 Å². The number of carbonyl (C=O) groups is 2. The molecule has 1 aromatic rings. The van der Waals surface area contributed by atoms with Crippen molar-refractivity contribution in [3.05, 3.63) is 18.2 Å². The molecule has 0 saturated carbocycles. The molecule has 0 bridgehead atoms. The smallest absolute Gasteiger partial charge is 0.265 e. The summed E-state index contributed by atoms with van der Waals surface area (Å²) in [5.74, 6) is 0.708. The van der Waals surface area contributed by atoms with Gasteiger partial charge in [0.25, 0.3) is 5.91 Å². The number of nitrogens with one attached hydrogen (secondary N) is 2. The van der Waals surface area contributed by atoms with Gasteiger partial charge in [-0.1, -0.05) is 13.8 Å². The van der Waals surface area contributed by atoms with E-state index >= 15 is 0 Å². The second kappa shape index (κ2) is 5.30. The zero-order valence-corrected chi connectivity index (χ0v) is 11.3. The number of ether oxygens (including phenoxy) is 1. The zero-order chi connectivity index (χ0) is 14.0. The van der Waals surface area contributed by atoms with E-state index in [2.05, 4.69) is 10.6 Å². The number of hydrogen-bond donors (Lipinski definition) is 2. The van der Waals surface area contributed by atoms with Crippen molar-refractivity contribution in [1.29, 1.82) is 0 Å². The summed E-state index contributed by atoms with van der Waals surface area (Å²) in [5.41, 5.74) is 1.24. The lowest BCUT2D eigenvalue weighted by molar-refractivity contribution is -0.122. The molecule has 0 radical (unpaired) electrons. The number of anilines is 2. The van der Waals surface area contributed by atoms with E-state index in [1.54, 1.807) is 25.1 Å². The van der Waals surface area contributed by atoms with Gasteiger partial charge in [-0.3, -0.25) is 9.59 Å². The molecule has 1 aliphatic heterocycles. The van der Waals surface area contributed by atoms with Gasteiger partial charge in [0.1, 0.15) is 5.75 Å². The Hall–Kier alpha value is -2.04. The molecule has 0 fully saturated rings. The summed E-state index contributed by atoms with van der Waals surface area (Å²) in [4.78, 5) is 23.2. The summed E-state index contributed by atoms with van der Waals surface area (Å²) in [6, 6.07) is 5.22. The molecule has 0 spiro atoms. The van der Waals surface area contributed by atoms with Crippen LogP contribution in [0.25, 0.3) is 0 Å². The van der Waals surface area contributed by atoms with Gasteiger partial charge in [0.15, 0.2) is 6.10 Å². The first-order valence-electron chi connectivity index (χ1n) is 6.37. The Bertz CT molecular complexity index is 511. The molecular weight excluding hydrogens is 244 g/mol. The largest absolute Gasteiger partial charge is 0.479 e. The van der Waals surface area contributed by atoms with Crippen LogP contribution in [0.15, 0.2) is 18.2 Å². The third-order valence-electron chi connectivity index (χ3n) is 2.79. The standard InChI is InChI=1S/C14H18N2O3/c1-8(2)6-13(17)15-10-4-5-12-11(7-10)16-14(18)9(3)19-12/h4-5,7-9H,6H2,1-3H3,(H,15,17)(H,16,18). The average Bonchev–Trinajstić information content (AvgIpc) is 2.30. The average molecular weight is 262 g/mol. The van der Waals surface area contributed by atoms with Crippen LogP contribution in [-0.2, 0) is 9.59 Å². The maximum absolute atomic E-state index is 11.7. The minimum absolute atomic E-state index is 0.0358. The minimum Gasteiger partial charge on any atom is -0.479 e. The Morgan fingerprint density at radius 1 is 1.47 bits per heavy atom. The Morgan fingerprint density at radius 3 is 2.89 bits per heavy atom. The van der Waals surface area contributed by atoms with Crippen molar-refractivity contribution in [2.24, 2.45) is 5.92 Å². The molecule has 0 saturated heterocycles. The van der Waals surface area contributed by atoms with E-state index in [1.165, 1.54) is 0 Å². The summed E-state index contributed by atoms with van der Waals surface area (Å²) >= 11 is 0. The van der Waals surface area contributed by atoms with E-state index in [-0.39, 0.29) is 11.8 Å². The number of carbonyl (C=O) groups excluding carboxylic acids is 2. The predicted octanol–water partition coefficient (Wildman–Crippen LogP) is 2.39. The lowest BCUT2D eigenvalue weighted by atomic mass is 10.1. The molecular formula is C14H18N2O3. The second-order valence-electron chi connectivity index (χ2n) is 5.11. The minimum atomic E-state index is -0.492. The summed E-state index contributed by atoms with van der Waals surface area (Å²) in [6.45, 7) is 5.67. The third-order valence-corrected chi connectivity index (χ3v) is 2.79. The highest BCUT2D eigenvalue weighted by molar-refractivity contribution is 5.99. The maximum Gasteiger partial charge on any atom is 0.265 e.